The molecule has 0 fully saturated rings. The van der Waals surface area contributed by atoms with Gasteiger partial charge in [-0.15, -0.1) is 0 Å². The van der Waals surface area contributed by atoms with Crippen LogP contribution in [0.15, 0.2) is 18.2 Å². The molecule has 1 N–H and O–H groups in total. The molecule has 0 bridgehead atoms. The summed E-state index contributed by atoms with van der Waals surface area (Å²) in [7, 11) is 2.96. The Balaban J connectivity index is 2.84. The van der Waals surface area contributed by atoms with Gasteiger partial charge < -0.3 is 14.6 Å². The number of carboxylic acid groups (broad SMARTS) is 1. The van der Waals surface area contributed by atoms with Crippen LogP contribution in [0, 0.1) is 0 Å². The van der Waals surface area contributed by atoms with Gasteiger partial charge >= 0.3 is 5.97 Å². The Morgan fingerprint density at radius 2 is 1.68 bits per heavy atom. The Kier molecular flexibility index (Phi) is 3.16. The minimum Gasteiger partial charge on any atom is -0.493 e. The van der Waals surface area contributed by atoms with E-state index in [1.54, 1.807) is 12.1 Å². The third kappa shape index (κ3) is 2.01. The number of hydrogen-bond donors (Lipinski definition) is 1. The number of aromatic nitrogens is 1. The van der Waals surface area contributed by atoms with Crippen LogP contribution in [0.1, 0.15) is 22.2 Å². The molecule has 19 heavy (non-hydrogen) atoms. The van der Waals surface area contributed by atoms with Crippen molar-refractivity contribution in [2.24, 2.45) is 0 Å². The first kappa shape index (κ1) is 12.9. The van der Waals surface area contributed by atoms with E-state index >= 15 is 0 Å². The lowest BCUT2D eigenvalue weighted by atomic mass is 10.2. The molecule has 0 aliphatic heterocycles. The van der Waals surface area contributed by atoms with Gasteiger partial charge in [0, 0.05) is 18.4 Å². The molecule has 0 aliphatic rings. The number of benzene rings is 1. The minimum absolute atomic E-state index is 0.0854. The van der Waals surface area contributed by atoms with Crippen molar-refractivity contribution in [1.29, 1.82) is 0 Å². The minimum atomic E-state index is -1.16. The molecular formula is C13H13NO5. The van der Waals surface area contributed by atoms with Gasteiger partial charge in [0.15, 0.2) is 11.5 Å². The third-order valence-corrected chi connectivity index (χ3v) is 2.84. The topological polar surface area (TPSA) is 77.8 Å². The summed E-state index contributed by atoms with van der Waals surface area (Å²) >= 11 is 0. The summed E-state index contributed by atoms with van der Waals surface area (Å²) in [6.07, 6.45) is 0. The fraction of sp³-hybridized carbons (Fsp3) is 0.231. The maximum Gasteiger partial charge on any atom is 0.352 e. The van der Waals surface area contributed by atoms with E-state index in [1.807, 2.05) is 0 Å². The van der Waals surface area contributed by atoms with E-state index in [2.05, 4.69) is 0 Å². The van der Waals surface area contributed by atoms with Crippen molar-refractivity contribution >= 4 is 22.8 Å². The lowest BCUT2D eigenvalue weighted by Crippen LogP contribution is -2.13. The van der Waals surface area contributed by atoms with Gasteiger partial charge in [-0.3, -0.25) is 9.36 Å². The standard InChI is InChI=1S/C13H13NO5/c1-7(15)14-9-6-12(19-3)11(18-2)5-8(9)4-10(14)13(16)17/h4-6H,1-3H3,(H,16,17). The quantitative estimate of drug-likeness (QED) is 0.916. The number of aromatic carboxylic acids is 1. The van der Waals surface area contributed by atoms with Crippen LogP contribution >= 0.6 is 0 Å². The number of rotatable bonds is 3. The van der Waals surface area contributed by atoms with Gasteiger partial charge in [0.2, 0.25) is 5.91 Å². The average Bonchev–Trinajstić information content (AvgIpc) is 2.75. The molecule has 0 amide bonds. The molecule has 0 aliphatic carbocycles. The van der Waals surface area contributed by atoms with Crippen LogP contribution in [-0.2, 0) is 0 Å². The van der Waals surface area contributed by atoms with Crippen LogP contribution in [0.5, 0.6) is 11.5 Å². The van der Waals surface area contributed by atoms with Crippen LogP contribution in [0.3, 0.4) is 0 Å². The third-order valence-electron chi connectivity index (χ3n) is 2.84. The molecule has 6 heteroatoms. The zero-order valence-corrected chi connectivity index (χ0v) is 10.8. The fourth-order valence-electron chi connectivity index (χ4n) is 2.03. The van der Waals surface area contributed by atoms with Gasteiger partial charge in [-0.25, -0.2) is 4.79 Å². The highest BCUT2D eigenvalue weighted by atomic mass is 16.5. The van der Waals surface area contributed by atoms with E-state index in [-0.39, 0.29) is 11.6 Å². The molecule has 100 valence electrons. The molecule has 0 spiro atoms. The van der Waals surface area contributed by atoms with Crippen LogP contribution < -0.4 is 9.47 Å². The number of carboxylic acids is 1. The lowest BCUT2D eigenvalue weighted by Gasteiger charge is -2.08. The SMILES string of the molecule is COc1cc2cc(C(=O)O)n(C(C)=O)c2cc1OC. The van der Waals surface area contributed by atoms with Crippen molar-refractivity contribution in [2.75, 3.05) is 14.2 Å². The second kappa shape index (κ2) is 4.64. The zero-order chi connectivity index (χ0) is 14.2. The van der Waals surface area contributed by atoms with E-state index in [9.17, 15) is 9.59 Å². The van der Waals surface area contributed by atoms with Gasteiger partial charge in [0.05, 0.1) is 19.7 Å². The highest BCUT2D eigenvalue weighted by Crippen LogP contribution is 2.33. The van der Waals surface area contributed by atoms with E-state index in [1.165, 1.54) is 27.2 Å². The monoisotopic (exact) mass is 263 g/mol. The van der Waals surface area contributed by atoms with Gasteiger partial charge in [0.1, 0.15) is 5.69 Å². The summed E-state index contributed by atoms with van der Waals surface area (Å²) < 4.78 is 11.4. The van der Waals surface area contributed by atoms with E-state index < -0.39 is 5.97 Å². The second-order valence-electron chi connectivity index (χ2n) is 3.96. The molecule has 0 saturated carbocycles. The molecule has 1 aromatic heterocycles. The highest BCUT2D eigenvalue weighted by molar-refractivity contribution is 6.02. The van der Waals surface area contributed by atoms with Crippen molar-refractivity contribution in [1.82, 2.24) is 4.57 Å². The first-order valence-corrected chi connectivity index (χ1v) is 5.51. The molecule has 1 heterocycles. The van der Waals surface area contributed by atoms with E-state index in [4.69, 9.17) is 14.6 Å². The fourth-order valence-corrected chi connectivity index (χ4v) is 2.03. The van der Waals surface area contributed by atoms with E-state index in [0.29, 0.717) is 22.4 Å². The predicted molar refractivity (Wildman–Crippen MR) is 68.3 cm³/mol. The summed E-state index contributed by atoms with van der Waals surface area (Å²) in [6, 6.07) is 4.66. The normalized spacial score (nSPS) is 10.5. The number of nitrogens with zero attached hydrogens (tertiary/aromatic N) is 1. The number of hydrogen-bond acceptors (Lipinski definition) is 4. The second-order valence-corrected chi connectivity index (χ2v) is 3.96. The number of carbonyl (C=O) groups is 2. The first-order valence-electron chi connectivity index (χ1n) is 5.51. The summed E-state index contributed by atoms with van der Waals surface area (Å²) in [6.45, 7) is 1.31. The Hall–Kier alpha value is -2.50. The molecule has 2 aromatic rings. The summed E-state index contributed by atoms with van der Waals surface area (Å²) in [5, 5.41) is 9.74. The van der Waals surface area contributed by atoms with Crippen molar-refractivity contribution in [2.45, 2.75) is 6.92 Å². The molecule has 0 radical (unpaired) electrons. The van der Waals surface area contributed by atoms with Gasteiger partial charge in [-0.1, -0.05) is 0 Å². The lowest BCUT2D eigenvalue weighted by molar-refractivity contribution is 0.0676. The molecule has 2 rings (SSSR count). The zero-order valence-electron chi connectivity index (χ0n) is 10.8. The molecular weight excluding hydrogens is 250 g/mol. The average molecular weight is 263 g/mol. The number of ether oxygens (including phenoxy) is 2. The summed E-state index contributed by atoms with van der Waals surface area (Å²) in [5.41, 5.74) is 0.389. The molecule has 0 unspecified atom stereocenters. The Morgan fingerprint density at radius 3 is 2.16 bits per heavy atom. The maximum absolute atomic E-state index is 11.6. The van der Waals surface area contributed by atoms with Gasteiger partial charge in [-0.05, 0) is 12.1 Å². The van der Waals surface area contributed by atoms with Gasteiger partial charge in [0.25, 0.3) is 0 Å². The number of fused-ring (bicyclic) bond motifs is 1. The Labute approximate surface area is 109 Å². The van der Waals surface area contributed by atoms with Crippen molar-refractivity contribution < 1.29 is 24.2 Å². The molecule has 0 atom stereocenters. The van der Waals surface area contributed by atoms with Crippen LogP contribution in [0.2, 0.25) is 0 Å². The van der Waals surface area contributed by atoms with Gasteiger partial charge in [-0.2, -0.15) is 0 Å². The van der Waals surface area contributed by atoms with Crippen molar-refractivity contribution in [3.05, 3.63) is 23.9 Å². The predicted octanol–water partition coefficient (Wildman–Crippen LogP) is 2.02. The van der Waals surface area contributed by atoms with Crippen LogP contribution in [0.25, 0.3) is 10.9 Å². The highest BCUT2D eigenvalue weighted by Gasteiger charge is 2.19. The first-order chi connectivity index (χ1) is 8.99. The largest absolute Gasteiger partial charge is 0.493 e. The van der Waals surface area contributed by atoms with E-state index in [0.717, 1.165) is 4.57 Å². The summed E-state index contributed by atoms with van der Waals surface area (Å²) in [4.78, 5) is 22.8. The molecule has 0 saturated heterocycles. The number of carbonyl (C=O) groups excluding carboxylic acids is 1. The molecule has 6 nitrogen and oxygen atoms in total. The number of methoxy groups -OCH3 is 2. The maximum atomic E-state index is 11.6. The van der Waals surface area contributed by atoms with Crippen LogP contribution in [0.4, 0.5) is 0 Å². The molecule has 1 aromatic carbocycles. The summed E-state index contributed by atoms with van der Waals surface area (Å²) in [5.74, 6) is -0.621. The van der Waals surface area contributed by atoms with Crippen molar-refractivity contribution in [3.8, 4) is 11.5 Å². The van der Waals surface area contributed by atoms with Crippen molar-refractivity contribution in [3.63, 3.8) is 0 Å². The Morgan fingerprint density at radius 1 is 1.11 bits per heavy atom. The van der Waals surface area contributed by atoms with Crippen LogP contribution in [-0.4, -0.2) is 35.8 Å². The smallest absolute Gasteiger partial charge is 0.352 e. The Bertz CT molecular complexity index is 671.